The van der Waals surface area contributed by atoms with E-state index in [0.29, 0.717) is 0 Å². The Hall–Kier alpha value is -7.56. The molecule has 0 radical (unpaired) electrons. The summed E-state index contributed by atoms with van der Waals surface area (Å²) in [5.41, 5.74) is 20.9. The molecule has 4 nitrogen and oxygen atoms in total. The van der Waals surface area contributed by atoms with Gasteiger partial charge in [0.25, 0.3) is 0 Å². The highest BCUT2D eigenvalue weighted by Crippen LogP contribution is 2.56. The molecule has 0 fully saturated rings. The molecule has 0 saturated carbocycles. The van der Waals surface area contributed by atoms with Crippen LogP contribution in [0.3, 0.4) is 0 Å². The van der Waals surface area contributed by atoms with Gasteiger partial charge in [-0.25, -0.2) is 0 Å². The molecule has 0 spiro atoms. The molecule has 62 heavy (non-hydrogen) atoms. The minimum absolute atomic E-state index is 1.10. The van der Waals surface area contributed by atoms with Crippen LogP contribution in [0, 0.1) is 41.5 Å². The van der Waals surface area contributed by atoms with Gasteiger partial charge in [-0.2, -0.15) is 0 Å². The maximum atomic E-state index is 2.46. The smallest absolute Gasteiger partial charge is 0.0709 e. The summed E-state index contributed by atoms with van der Waals surface area (Å²) in [4.78, 5) is 9.59. The second-order valence-corrected chi connectivity index (χ2v) is 16.8. The molecule has 0 amide bonds. The van der Waals surface area contributed by atoms with Gasteiger partial charge in [0.15, 0.2) is 0 Å². The second-order valence-electron chi connectivity index (χ2n) is 16.8. The van der Waals surface area contributed by atoms with Crippen LogP contribution in [-0.2, 0) is 0 Å². The van der Waals surface area contributed by atoms with E-state index in [1.165, 1.54) is 44.2 Å². The average Bonchev–Trinajstić information content (AvgIpc) is 3.29. The molecule has 0 bridgehead atoms. The lowest BCUT2D eigenvalue weighted by atomic mass is 9.98. The van der Waals surface area contributed by atoms with Crippen molar-refractivity contribution in [3.8, 4) is 0 Å². The lowest BCUT2D eigenvalue weighted by molar-refractivity contribution is 1.15. The van der Waals surface area contributed by atoms with Gasteiger partial charge in [-0.3, -0.25) is 0 Å². The first-order valence-corrected chi connectivity index (χ1v) is 21.5. The largest absolute Gasteiger partial charge is 0.311 e. The van der Waals surface area contributed by atoms with Gasteiger partial charge >= 0.3 is 0 Å². The van der Waals surface area contributed by atoms with Gasteiger partial charge < -0.3 is 19.6 Å². The first-order chi connectivity index (χ1) is 30.2. The molecule has 302 valence electrons. The van der Waals surface area contributed by atoms with Gasteiger partial charge in [-0.1, -0.05) is 95.1 Å². The third-order valence-electron chi connectivity index (χ3n) is 12.3. The summed E-state index contributed by atoms with van der Waals surface area (Å²) in [5, 5.41) is 2.40. The lowest BCUT2D eigenvalue weighted by Gasteiger charge is -2.41. The van der Waals surface area contributed by atoms with Crippen molar-refractivity contribution in [1.82, 2.24) is 0 Å². The van der Waals surface area contributed by atoms with E-state index in [1.54, 1.807) is 0 Å². The van der Waals surface area contributed by atoms with Gasteiger partial charge in [0.05, 0.1) is 22.7 Å². The van der Waals surface area contributed by atoms with Crippen LogP contribution in [0.1, 0.15) is 33.4 Å². The average molecular weight is 803 g/mol. The minimum atomic E-state index is 1.10. The van der Waals surface area contributed by atoms with E-state index < -0.39 is 0 Å². The van der Waals surface area contributed by atoms with E-state index in [4.69, 9.17) is 0 Å². The Bertz CT molecular complexity index is 2740. The second kappa shape index (κ2) is 15.8. The number of hydrogen-bond donors (Lipinski definition) is 0. The fourth-order valence-corrected chi connectivity index (χ4v) is 8.71. The zero-order valence-corrected chi connectivity index (χ0v) is 36.3. The normalized spacial score (nSPS) is 12.0. The highest BCUT2D eigenvalue weighted by Gasteiger charge is 2.32. The highest BCUT2D eigenvalue weighted by molar-refractivity contribution is 6.06. The maximum absolute atomic E-state index is 2.46. The summed E-state index contributed by atoms with van der Waals surface area (Å²) >= 11 is 0. The van der Waals surface area contributed by atoms with E-state index in [-0.39, 0.29) is 0 Å². The van der Waals surface area contributed by atoms with Crippen LogP contribution in [0.5, 0.6) is 0 Å². The van der Waals surface area contributed by atoms with Crippen molar-refractivity contribution in [2.45, 2.75) is 41.5 Å². The number of anilines is 12. The zero-order valence-electron chi connectivity index (χ0n) is 36.3. The van der Waals surface area contributed by atoms with Gasteiger partial charge in [-0.15, -0.1) is 0 Å². The number of rotatable bonds is 8. The molecule has 10 rings (SSSR count). The zero-order chi connectivity index (χ0) is 42.5. The summed E-state index contributed by atoms with van der Waals surface area (Å²) in [6.07, 6.45) is 0. The molecule has 9 aromatic carbocycles. The highest BCUT2D eigenvalue weighted by atomic mass is 15.3. The molecular weight excluding hydrogens is 753 g/mol. The molecule has 1 heterocycles. The molecule has 9 aromatic rings. The van der Waals surface area contributed by atoms with Crippen LogP contribution in [-0.4, -0.2) is 0 Å². The third-order valence-corrected chi connectivity index (χ3v) is 12.3. The number of nitrogens with zero attached hydrogens (tertiary/aromatic N) is 4. The van der Waals surface area contributed by atoms with Crippen molar-refractivity contribution < 1.29 is 0 Å². The predicted molar refractivity (Wildman–Crippen MR) is 265 cm³/mol. The van der Waals surface area contributed by atoms with Crippen LogP contribution in [0.4, 0.5) is 68.2 Å². The minimum Gasteiger partial charge on any atom is -0.311 e. The number of aryl methyl sites for hydroxylation is 6. The first-order valence-electron chi connectivity index (χ1n) is 21.5. The molecule has 0 unspecified atom stereocenters. The van der Waals surface area contributed by atoms with Gasteiger partial charge in [-0.05, 0) is 185 Å². The van der Waals surface area contributed by atoms with Crippen LogP contribution < -0.4 is 19.6 Å². The molecular formula is C58H50N4. The lowest BCUT2D eigenvalue weighted by Crippen LogP contribution is -2.24. The van der Waals surface area contributed by atoms with E-state index in [9.17, 15) is 0 Å². The molecule has 1 aliphatic rings. The predicted octanol–water partition coefficient (Wildman–Crippen LogP) is 16.9. The first kappa shape index (κ1) is 38.6. The summed E-state index contributed by atoms with van der Waals surface area (Å²) in [6, 6.07) is 71.4. The van der Waals surface area contributed by atoms with E-state index >= 15 is 0 Å². The Labute approximate surface area is 366 Å². The molecule has 0 aliphatic carbocycles. The Morgan fingerprint density at radius 2 is 0.516 bits per heavy atom. The van der Waals surface area contributed by atoms with Crippen LogP contribution in [0.15, 0.2) is 194 Å². The molecule has 0 N–H and O–H groups in total. The van der Waals surface area contributed by atoms with Gasteiger partial charge in [0.2, 0.25) is 0 Å². The van der Waals surface area contributed by atoms with Crippen LogP contribution in [0.25, 0.3) is 10.8 Å². The van der Waals surface area contributed by atoms with Crippen molar-refractivity contribution in [3.05, 3.63) is 228 Å². The summed E-state index contributed by atoms with van der Waals surface area (Å²) in [7, 11) is 0. The van der Waals surface area contributed by atoms with Crippen molar-refractivity contribution in [2.24, 2.45) is 0 Å². The van der Waals surface area contributed by atoms with E-state index in [2.05, 4.69) is 255 Å². The quantitative estimate of drug-likeness (QED) is 0.152. The monoisotopic (exact) mass is 802 g/mol. The summed E-state index contributed by atoms with van der Waals surface area (Å²) < 4.78 is 0. The third kappa shape index (κ3) is 7.14. The Balaban J connectivity index is 1.11. The topological polar surface area (TPSA) is 13.0 Å². The Morgan fingerprint density at radius 3 is 0.790 bits per heavy atom. The standard InChI is InChI=1S/C58H50N4/c1-39-11-19-47(20-12-39)59(48-21-13-40(2)14-22-48)51-27-31-53(32-28-51)61-55-35-43(5)44(6)36-56(55)62(58-38-46-10-8-7-9-45(46)37-57(58)61)54-33-29-52(30-34-54)60(49-23-15-41(3)16-24-49)50-25-17-42(4)18-26-50/h7-38H,1-6H3. The fourth-order valence-electron chi connectivity index (χ4n) is 8.71. The molecule has 0 saturated heterocycles. The summed E-state index contributed by atoms with van der Waals surface area (Å²) in [6.45, 7) is 13.0. The summed E-state index contributed by atoms with van der Waals surface area (Å²) in [5.74, 6) is 0. The van der Waals surface area contributed by atoms with Crippen LogP contribution in [0.2, 0.25) is 0 Å². The maximum Gasteiger partial charge on any atom is 0.0709 e. The van der Waals surface area contributed by atoms with Crippen molar-refractivity contribution >= 4 is 79.0 Å². The van der Waals surface area contributed by atoms with Crippen molar-refractivity contribution in [1.29, 1.82) is 0 Å². The SMILES string of the molecule is Cc1ccc(N(c2ccc(C)cc2)c2ccc(N3c4cc(C)c(C)cc4N(c4ccc(N(c5ccc(C)cc5)c5ccc(C)cc5)cc4)c4cc5ccccc5cc43)cc2)cc1. The van der Waals surface area contributed by atoms with E-state index in [0.717, 1.165) is 68.2 Å². The van der Waals surface area contributed by atoms with Gasteiger partial charge in [0, 0.05) is 45.5 Å². The fraction of sp³-hybridized carbons (Fsp3) is 0.103. The molecule has 0 atom stereocenters. The van der Waals surface area contributed by atoms with Crippen molar-refractivity contribution in [2.75, 3.05) is 19.6 Å². The number of hydrogen-bond acceptors (Lipinski definition) is 4. The number of benzene rings is 9. The molecule has 0 aromatic heterocycles. The number of fused-ring (bicyclic) bond motifs is 3. The Kier molecular flexibility index (Phi) is 9.84. The van der Waals surface area contributed by atoms with Crippen molar-refractivity contribution in [3.63, 3.8) is 0 Å². The van der Waals surface area contributed by atoms with Gasteiger partial charge in [0.1, 0.15) is 0 Å². The van der Waals surface area contributed by atoms with E-state index in [1.807, 2.05) is 0 Å². The molecule has 4 heteroatoms. The molecule has 1 aliphatic heterocycles. The van der Waals surface area contributed by atoms with Crippen LogP contribution >= 0.6 is 0 Å². The Morgan fingerprint density at radius 1 is 0.274 bits per heavy atom.